The summed E-state index contributed by atoms with van der Waals surface area (Å²) < 4.78 is 0. The third-order valence-corrected chi connectivity index (χ3v) is 0.177. The molecular weight excluding hydrogens is 68.0 g/mol. The molecule has 2 N–H and O–H groups in total. The molecule has 0 aromatic heterocycles. The molecule has 0 aliphatic rings. The molecule has 0 rings (SSSR count). The molecule has 5 heavy (non-hydrogen) atoms. The van der Waals surface area contributed by atoms with Crippen molar-refractivity contribution >= 4 is 6.34 Å². The summed E-state index contributed by atoms with van der Waals surface area (Å²) in [5.74, 6) is 0. The van der Waals surface area contributed by atoms with Crippen LogP contribution in [0.5, 0.6) is 0 Å². The Morgan fingerprint density at radius 1 is 2.00 bits per heavy atom. The summed E-state index contributed by atoms with van der Waals surface area (Å²) in [5.41, 5.74) is 2.15. The molecule has 3 nitrogen and oxygen atoms in total. The van der Waals surface area contributed by atoms with Gasteiger partial charge in [-0.05, 0) is 0 Å². The highest BCUT2D eigenvalue weighted by Crippen LogP contribution is 1.36. The van der Waals surface area contributed by atoms with Gasteiger partial charge in [-0.1, -0.05) is 0 Å². The molecule has 0 saturated carbocycles. The van der Waals surface area contributed by atoms with Crippen molar-refractivity contribution in [2.24, 2.45) is 0 Å². The van der Waals surface area contributed by atoms with E-state index in [-0.39, 0.29) is 0 Å². The number of hydrogen-bond donors (Lipinski definition) is 2. The zero-order valence-electron chi connectivity index (χ0n) is 2.99. The molecule has 0 aliphatic heterocycles. The van der Waals surface area contributed by atoms with Gasteiger partial charge in [-0.15, -0.1) is 0 Å². The highest BCUT2D eigenvalue weighted by Gasteiger charge is 1.52. The standard InChI is InChI=1S/C2H6N2O/c1-5-4-2-3/h2H,1H3,(H2,3,4). The Bertz CT molecular complexity index is 28.8. The molecule has 0 unspecified atom stereocenters. The molecule has 30 valence electrons. The normalized spacial score (nSPS) is 6.60. The molecule has 0 bridgehead atoms. The summed E-state index contributed by atoms with van der Waals surface area (Å²) in [5, 5.41) is 6.24. The van der Waals surface area contributed by atoms with Crippen LogP contribution in [-0.4, -0.2) is 13.4 Å². The molecule has 0 spiro atoms. The molecule has 0 fully saturated rings. The molecule has 0 aliphatic carbocycles. The lowest BCUT2D eigenvalue weighted by molar-refractivity contribution is 0.148. The zero-order chi connectivity index (χ0) is 4.12. The zero-order valence-corrected chi connectivity index (χ0v) is 2.99. The number of hydrogen-bond acceptors (Lipinski definition) is 2. The summed E-state index contributed by atoms with van der Waals surface area (Å²) in [6.45, 7) is 0. The predicted octanol–water partition coefficient (Wildman–Crippen LogP) is -0.256. The molecular formula is C2H6N2O. The van der Waals surface area contributed by atoms with Crippen molar-refractivity contribution in [1.82, 2.24) is 5.48 Å². The summed E-state index contributed by atoms with van der Waals surface area (Å²) in [6, 6.07) is 0. The lowest BCUT2D eigenvalue weighted by atomic mass is 11.4. The minimum absolute atomic E-state index is 0.958. The van der Waals surface area contributed by atoms with Crippen molar-refractivity contribution in [1.29, 1.82) is 5.41 Å². The van der Waals surface area contributed by atoms with E-state index < -0.39 is 0 Å². The van der Waals surface area contributed by atoms with Crippen LogP contribution in [0.15, 0.2) is 0 Å². The summed E-state index contributed by atoms with van der Waals surface area (Å²) in [4.78, 5) is 4.20. The van der Waals surface area contributed by atoms with E-state index >= 15 is 0 Å². The van der Waals surface area contributed by atoms with Gasteiger partial charge < -0.3 is 0 Å². The van der Waals surface area contributed by atoms with Crippen LogP contribution in [0.1, 0.15) is 0 Å². The van der Waals surface area contributed by atoms with E-state index in [1.807, 2.05) is 0 Å². The number of hydroxylamine groups is 1. The molecule has 0 radical (unpaired) electrons. The van der Waals surface area contributed by atoms with E-state index in [4.69, 9.17) is 5.41 Å². The maximum Gasteiger partial charge on any atom is 0.104 e. The summed E-state index contributed by atoms with van der Waals surface area (Å²) >= 11 is 0. The molecule has 0 aromatic carbocycles. The monoisotopic (exact) mass is 74.0 g/mol. The first-order chi connectivity index (χ1) is 2.41. The second-order valence-electron chi connectivity index (χ2n) is 0.466. The van der Waals surface area contributed by atoms with Crippen LogP contribution in [0.25, 0.3) is 0 Å². The second kappa shape index (κ2) is 3.43. The van der Waals surface area contributed by atoms with E-state index in [0.717, 1.165) is 6.34 Å². The Balaban J connectivity index is 2.40. The average molecular weight is 74.1 g/mol. The smallest absolute Gasteiger partial charge is 0.104 e. The van der Waals surface area contributed by atoms with Gasteiger partial charge in [0.15, 0.2) is 0 Å². The highest BCUT2D eigenvalue weighted by molar-refractivity contribution is 5.47. The molecule has 0 atom stereocenters. The molecule has 0 saturated heterocycles. The van der Waals surface area contributed by atoms with Gasteiger partial charge in [-0.3, -0.25) is 15.7 Å². The van der Waals surface area contributed by atoms with E-state index in [9.17, 15) is 0 Å². The van der Waals surface area contributed by atoms with Gasteiger partial charge in [0.2, 0.25) is 0 Å². The number of rotatable bonds is 2. The Labute approximate surface area is 30.4 Å². The topological polar surface area (TPSA) is 45.1 Å². The van der Waals surface area contributed by atoms with Crippen LogP contribution in [0.4, 0.5) is 0 Å². The number of nitrogens with one attached hydrogen (secondary N) is 2. The van der Waals surface area contributed by atoms with Crippen molar-refractivity contribution in [3.8, 4) is 0 Å². The average Bonchev–Trinajstić information content (AvgIpc) is 1.41. The van der Waals surface area contributed by atoms with E-state index in [0.29, 0.717) is 0 Å². The van der Waals surface area contributed by atoms with Gasteiger partial charge in [0.1, 0.15) is 6.34 Å². The molecule has 0 heterocycles. The van der Waals surface area contributed by atoms with Crippen molar-refractivity contribution in [2.75, 3.05) is 7.11 Å². The Kier molecular flexibility index (Phi) is 3.04. The lowest BCUT2D eigenvalue weighted by Crippen LogP contribution is -2.05. The van der Waals surface area contributed by atoms with Crippen LogP contribution in [0.2, 0.25) is 0 Å². The van der Waals surface area contributed by atoms with Gasteiger partial charge in [-0.2, -0.15) is 0 Å². The summed E-state index contributed by atoms with van der Waals surface area (Å²) in [6.07, 6.45) is 0.958. The fourth-order valence-electron chi connectivity index (χ4n) is 0.0589. The van der Waals surface area contributed by atoms with E-state index in [1.165, 1.54) is 7.11 Å². The maximum absolute atomic E-state index is 6.24. The van der Waals surface area contributed by atoms with E-state index in [1.54, 1.807) is 0 Å². The van der Waals surface area contributed by atoms with Gasteiger partial charge in [-0.25, -0.2) is 0 Å². The van der Waals surface area contributed by atoms with Gasteiger partial charge in [0.05, 0.1) is 7.11 Å². The van der Waals surface area contributed by atoms with Crippen molar-refractivity contribution in [3.05, 3.63) is 0 Å². The summed E-state index contributed by atoms with van der Waals surface area (Å²) in [7, 11) is 1.45. The maximum atomic E-state index is 6.24. The SMILES string of the molecule is CONC=N. The van der Waals surface area contributed by atoms with Crippen molar-refractivity contribution < 1.29 is 4.84 Å². The Morgan fingerprint density at radius 3 is 2.60 bits per heavy atom. The van der Waals surface area contributed by atoms with Crippen LogP contribution < -0.4 is 5.48 Å². The Hall–Kier alpha value is -0.570. The highest BCUT2D eigenvalue weighted by atomic mass is 16.6. The van der Waals surface area contributed by atoms with Gasteiger partial charge in [0, 0.05) is 0 Å². The fraction of sp³-hybridized carbons (Fsp3) is 0.500. The van der Waals surface area contributed by atoms with Crippen LogP contribution in [-0.2, 0) is 4.84 Å². The Morgan fingerprint density at radius 2 is 2.60 bits per heavy atom. The lowest BCUT2D eigenvalue weighted by Gasteiger charge is -1.84. The second-order valence-corrected chi connectivity index (χ2v) is 0.466. The predicted molar refractivity (Wildman–Crippen MR) is 18.9 cm³/mol. The van der Waals surface area contributed by atoms with Crippen molar-refractivity contribution in [2.45, 2.75) is 0 Å². The largest absolute Gasteiger partial charge is 0.290 e. The molecule has 3 heteroatoms. The van der Waals surface area contributed by atoms with Gasteiger partial charge in [0.25, 0.3) is 0 Å². The first-order valence-corrected chi connectivity index (χ1v) is 1.19. The van der Waals surface area contributed by atoms with Crippen LogP contribution in [0, 0.1) is 5.41 Å². The third kappa shape index (κ3) is 3.43. The first kappa shape index (κ1) is 4.43. The van der Waals surface area contributed by atoms with Crippen LogP contribution >= 0.6 is 0 Å². The quantitative estimate of drug-likeness (QED) is 0.269. The molecule has 0 aromatic rings. The molecule has 0 amide bonds. The van der Waals surface area contributed by atoms with Gasteiger partial charge >= 0.3 is 0 Å². The van der Waals surface area contributed by atoms with Crippen LogP contribution in [0.3, 0.4) is 0 Å². The van der Waals surface area contributed by atoms with Crippen molar-refractivity contribution in [3.63, 3.8) is 0 Å². The minimum Gasteiger partial charge on any atom is -0.290 e. The third-order valence-electron chi connectivity index (χ3n) is 0.177. The van der Waals surface area contributed by atoms with E-state index in [2.05, 4.69) is 10.3 Å². The minimum atomic E-state index is 0.958. The fourth-order valence-corrected chi connectivity index (χ4v) is 0.0589. The first-order valence-electron chi connectivity index (χ1n) is 1.19.